The molecule has 0 spiro atoms. The summed E-state index contributed by atoms with van der Waals surface area (Å²) in [6, 6.07) is 5.98. The molecule has 1 aromatic rings. The highest BCUT2D eigenvalue weighted by atomic mass is 16.5. The largest absolute Gasteiger partial charge is 0.496 e. The van der Waals surface area contributed by atoms with Crippen molar-refractivity contribution in [3.8, 4) is 17.6 Å². The predicted molar refractivity (Wildman–Crippen MR) is 58.2 cm³/mol. The average Bonchev–Trinajstić information content (AvgIpc) is 2.26. The lowest BCUT2D eigenvalue weighted by atomic mass is 10.0. The van der Waals surface area contributed by atoms with Gasteiger partial charge in [-0.1, -0.05) is 6.07 Å². The first-order valence-corrected chi connectivity index (χ1v) is 4.82. The van der Waals surface area contributed by atoms with Gasteiger partial charge in [0.05, 0.1) is 20.3 Å². The van der Waals surface area contributed by atoms with E-state index in [0.717, 1.165) is 22.6 Å². The van der Waals surface area contributed by atoms with E-state index in [9.17, 15) is 0 Å². The first-order valence-electron chi connectivity index (χ1n) is 4.82. The zero-order valence-electron chi connectivity index (χ0n) is 9.33. The SMILES string of the molecule is COc1ccc(CCC#N)c(OC)c1C. The van der Waals surface area contributed by atoms with Gasteiger partial charge in [-0.15, -0.1) is 0 Å². The number of hydrogen-bond acceptors (Lipinski definition) is 3. The van der Waals surface area contributed by atoms with Gasteiger partial charge in [-0.3, -0.25) is 0 Å². The molecule has 1 aromatic carbocycles. The molecule has 0 saturated carbocycles. The zero-order valence-corrected chi connectivity index (χ0v) is 9.33. The molecular formula is C12H15NO2. The molecule has 3 nitrogen and oxygen atoms in total. The molecule has 0 aromatic heterocycles. The minimum Gasteiger partial charge on any atom is -0.496 e. The van der Waals surface area contributed by atoms with Crippen molar-refractivity contribution in [3.63, 3.8) is 0 Å². The van der Waals surface area contributed by atoms with Crippen LogP contribution in [0.1, 0.15) is 17.5 Å². The lowest BCUT2D eigenvalue weighted by Gasteiger charge is -2.13. The van der Waals surface area contributed by atoms with E-state index in [0.29, 0.717) is 12.8 Å². The molecule has 0 saturated heterocycles. The van der Waals surface area contributed by atoms with Crippen LogP contribution in [0.15, 0.2) is 12.1 Å². The van der Waals surface area contributed by atoms with Gasteiger partial charge in [-0.05, 0) is 25.0 Å². The van der Waals surface area contributed by atoms with Crippen molar-refractivity contribution < 1.29 is 9.47 Å². The highest BCUT2D eigenvalue weighted by Gasteiger charge is 2.10. The van der Waals surface area contributed by atoms with Gasteiger partial charge in [-0.2, -0.15) is 5.26 Å². The van der Waals surface area contributed by atoms with Gasteiger partial charge >= 0.3 is 0 Å². The molecule has 1 rings (SSSR count). The Hall–Kier alpha value is -1.69. The highest BCUT2D eigenvalue weighted by molar-refractivity contribution is 5.49. The Morgan fingerprint density at radius 2 is 2.00 bits per heavy atom. The van der Waals surface area contributed by atoms with Crippen LogP contribution in [-0.4, -0.2) is 14.2 Å². The predicted octanol–water partition coefficient (Wildman–Crippen LogP) is 2.47. The summed E-state index contributed by atoms with van der Waals surface area (Å²) < 4.78 is 10.5. The van der Waals surface area contributed by atoms with Crippen molar-refractivity contribution >= 4 is 0 Å². The first kappa shape index (κ1) is 11.4. The van der Waals surface area contributed by atoms with E-state index in [4.69, 9.17) is 14.7 Å². The van der Waals surface area contributed by atoms with Crippen molar-refractivity contribution in [2.24, 2.45) is 0 Å². The molecule has 0 aliphatic rings. The van der Waals surface area contributed by atoms with Gasteiger partial charge in [0.1, 0.15) is 11.5 Å². The van der Waals surface area contributed by atoms with Crippen molar-refractivity contribution in [2.45, 2.75) is 19.8 Å². The van der Waals surface area contributed by atoms with E-state index in [1.165, 1.54) is 0 Å². The molecule has 15 heavy (non-hydrogen) atoms. The van der Waals surface area contributed by atoms with Crippen molar-refractivity contribution in [3.05, 3.63) is 23.3 Å². The van der Waals surface area contributed by atoms with Gasteiger partial charge in [0.15, 0.2) is 0 Å². The molecule has 0 atom stereocenters. The number of methoxy groups -OCH3 is 2. The van der Waals surface area contributed by atoms with Gasteiger partial charge in [0, 0.05) is 12.0 Å². The maximum Gasteiger partial charge on any atom is 0.128 e. The Morgan fingerprint density at radius 3 is 2.53 bits per heavy atom. The van der Waals surface area contributed by atoms with E-state index in [1.54, 1.807) is 14.2 Å². The summed E-state index contributed by atoms with van der Waals surface area (Å²) in [4.78, 5) is 0. The molecule has 0 aliphatic carbocycles. The molecule has 80 valence electrons. The zero-order chi connectivity index (χ0) is 11.3. The quantitative estimate of drug-likeness (QED) is 0.758. The van der Waals surface area contributed by atoms with E-state index >= 15 is 0 Å². The summed E-state index contributed by atoms with van der Waals surface area (Å²) in [5.74, 6) is 1.64. The molecule has 0 fully saturated rings. The average molecular weight is 205 g/mol. The summed E-state index contributed by atoms with van der Waals surface area (Å²) in [5, 5.41) is 8.55. The van der Waals surface area contributed by atoms with Crippen LogP contribution in [0.5, 0.6) is 11.5 Å². The van der Waals surface area contributed by atoms with Crippen LogP contribution < -0.4 is 9.47 Å². The number of ether oxygens (including phenoxy) is 2. The second-order valence-electron chi connectivity index (χ2n) is 3.24. The molecule has 0 radical (unpaired) electrons. The summed E-state index contributed by atoms with van der Waals surface area (Å²) in [5.41, 5.74) is 2.03. The highest BCUT2D eigenvalue weighted by Crippen LogP contribution is 2.31. The van der Waals surface area contributed by atoms with Crippen LogP contribution in [0, 0.1) is 18.3 Å². The summed E-state index contributed by atoms with van der Waals surface area (Å²) in [6.07, 6.45) is 1.21. The second-order valence-corrected chi connectivity index (χ2v) is 3.24. The topological polar surface area (TPSA) is 42.2 Å². The minimum atomic E-state index is 0.502. The number of rotatable bonds is 4. The molecule has 0 amide bonds. The third-order valence-electron chi connectivity index (χ3n) is 2.37. The molecule has 0 aliphatic heterocycles. The Kier molecular flexibility index (Phi) is 3.99. The van der Waals surface area contributed by atoms with Gasteiger partial charge in [0.2, 0.25) is 0 Å². The van der Waals surface area contributed by atoms with Gasteiger partial charge in [0.25, 0.3) is 0 Å². The summed E-state index contributed by atoms with van der Waals surface area (Å²) >= 11 is 0. The molecule has 0 N–H and O–H groups in total. The smallest absolute Gasteiger partial charge is 0.128 e. The Bertz CT molecular complexity index is 380. The third-order valence-corrected chi connectivity index (χ3v) is 2.37. The fourth-order valence-electron chi connectivity index (χ4n) is 1.62. The Balaban J connectivity index is 3.08. The van der Waals surface area contributed by atoms with Crippen LogP contribution in [0.25, 0.3) is 0 Å². The van der Waals surface area contributed by atoms with Crippen LogP contribution in [0.4, 0.5) is 0 Å². The Morgan fingerprint density at radius 1 is 1.27 bits per heavy atom. The van der Waals surface area contributed by atoms with E-state index in [2.05, 4.69) is 6.07 Å². The van der Waals surface area contributed by atoms with Crippen LogP contribution in [0.2, 0.25) is 0 Å². The van der Waals surface area contributed by atoms with E-state index in [1.807, 2.05) is 19.1 Å². The molecular weight excluding hydrogens is 190 g/mol. The van der Waals surface area contributed by atoms with Crippen LogP contribution >= 0.6 is 0 Å². The number of benzene rings is 1. The standard InChI is InChI=1S/C12H15NO2/c1-9-11(14-2)7-6-10(5-4-8-13)12(9)15-3/h6-7H,4-5H2,1-3H3. The summed E-state index contributed by atoms with van der Waals surface area (Å²) in [6.45, 7) is 1.95. The first-order chi connectivity index (χ1) is 7.24. The maximum absolute atomic E-state index is 8.55. The van der Waals surface area contributed by atoms with Gasteiger partial charge in [-0.25, -0.2) is 0 Å². The van der Waals surface area contributed by atoms with Crippen molar-refractivity contribution in [1.29, 1.82) is 5.26 Å². The normalized spacial score (nSPS) is 9.47. The third kappa shape index (κ3) is 2.41. The molecule has 0 heterocycles. The molecule has 0 bridgehead atoms. The minimum absolute atomic E-state index is 0.502. The number of nitrogens with zero attached hydrogens (tertiary/aromatic N) is 1. The monoisotopic (exact) mass is 205 g/mol. The van der Waals surface area contributed by atoms with Crippen molar-refractivity contribution in [1.82, 2.24) is 0 Å². The number of hydrogen-bond donors (Lipinski definition) is 0. The fraction of sp³-hybridized carbons (Fsp3) is 0.417. The lowest BCUT2D eigenvalue weighted by molar-refractivity contribution is 0.385. The van der Waals surface area contributed by atoms with Crippen LogP contribution in [0.3, 0.4) is 0 Å². The molecule has 0 unspecified atom stereocenters. The number of nitriles is 1. The number of aryl methyl sites for hydroxylation is 1. The molecule has 3 heteroatoms. The lowest BCUT2D eigenvalue weighted by Crippen LogP contribution is -1.97. The van der Waals surface area contributed by atoms with Crippen molar-refractivity contribution in [2.75, 3.05) is 14.2 Å². The second kappa shape index (κ2) is 5.26. The Labute approximate surface area is 90.2 Å². The van der Waals surface area contributed by atoms with E-state index in [-0.39, 0.29) is 0 Å². The van der Waals surface area contributed by atoms with Crippen LogP contribution in [-0.2, 0) is 6.42 Å². The van der Waals surface area contributed by atoms with E-state index < -0.39 is 0 Å². The summed E-state index contributed by atoms with van der Waals surface area (Å²) in [7, 11) is 3.27. The maximum atomic E-state index is 8.55. The fourth-order valence-corrected chi connectivity index (χ4v) is 1.62. The van der Waals surface area contributed by atoms with Gasteiger partial charge < -0.3 is 9.47 Å².